The first-order valence-electron chi connectivity index (χ1n) is 7.59. The molecule has 4 nitrogen and oxygen atoms in total. The summed E-state index contributed by atoms with van der Waals surface area (Å²) in [7, 11) is 2.15. The molecule has 2 heterocycles. The zero-order valence-corrected chi connectivity index (χ0v) is 13.5. The predicted molar refractivity (Wildman–Crippen MR) is 83.3 cm³/mol. The maximum Gasteiger partial charge on any atom is 0.185 e. The quantitative estimate of drug-likeness (QED) is 0.906. The highest BCUT2D eigenvalue weighted by Gasteiger charge is 2.36. The molecule has 0 aromatic carbocycles. The van der Waals surface area contributed by atoms with Crippen LogP contribution in [0, 0.1) is 0 Å². The summed E-state index contributed by atoms with van der Waals surface area (Å²) in [6.45, 7) is 5.77. The van der Waals surface area contributed by atoms with Crippen molar-refractivity contribution in [1.82, 2.24) is 9.88 Å². The van der Waals surface area contributed by atoms with Crippen molar-refractivity contribution in [3.8, 4) is 0 Å². The summed E-state index contributed by atoms with van der Waals surface area (Å²) in [5.74, 6) is 0. The Morgan fingerprint density at radius 2 is 2.20 bits per heavy atom. The minimum atomic E-state index is -0.625. The average molecular weight is 295 g/mol. The Labute approximate surface area is 125 Å². The molecule has 1 N–H and O–H groups in total. The van der Waals surface area contributed by atoms with Gasteiger partial charge in [-0.25, -0.2) is 4.98 Å². The highest BCUT2D eigenvalue weighted by molar-refractivity contribution is 7.13. The summed E-state index contributed by atoms with van der Waals surface area (Å²) >= 11 is 1.74. The van der Waals surface area contributed by atoms with E-state index in [4.69, 9.17) is 4.98 Å². The van der Waals surface area contributed by atoms with Crippen LogP contribution in [0.2, 0.25) is 0 Å². The number of aliphatic hydroxyl groups is 1. The number of anilines is 1. The Hall–Kier alpha value is -0.650. The fourth-order valence-corrected chi connectivity index (χ4v) is 4.03. The molecule has 1 aromatic heterocycles. The molecule has 0 radical (unpaired) electrons. The third kappa shape index (κ3) is 3.00. The molecule has 3 rings (SSSR count). The first kappa shape index (κ1) is 14.3. The largest absolute Gasteiger partial charge is 0.389 e. The second-order valence-corrected chi connectivity index (χ2v) is 7.58. The molecule has 1 aliphatic carbocycles. The molecular weight excluding hydrogens is 270 g/mol. The van der Waals surface area contributed by atoms with Crippen LogP contribution < -0.4 is 4.90 Å². The van der Waals surface area contributed by atoms with Crippen molar-refractivity contribution in [2.45, 2.75) is 63.8 Å². The van der Waals surface area contributed by atoms with Gasteiger partial charge in [-0.3, -0.25) is 4.90 Å². The average Bonchev–Trinajstić information content (AvgIpc) is 2.93. The van der Waals surface area contributed by atoms with Gasteiger partial charge >= 0.3 is 0 Å². The Bertz CT molecular complexity index is 464. The maximum atomic E-state index is 10.3. The summed E-state index contributed by atoms with van der Waals surface area (Å²) in [5, 5.41) is 13.6. The minimum Gasteiger partial charge on any atom is -0.389 e. The third-order valence-electron chi connectivity index (χ3n) is 4.48. The molecule has 112 valence electrons. The van der Waals surface area contributed by atoms with E-state index in [0.717, 1.165) is 30.3 Å². The van der Waals surface area contributed by atoms with Crippen LogP contribution in [0.1, 0.15) is 45.2 Å². The van der Waals surface area contributed by atoms with Crippen molar-refractivity contribution in [3.05, 3.63) is 11.1 Å². The van der Waals surface area contributed by atoms with E-state index in [9.17, 15) is 5.11 Å². The lowest BCUT2D eigenvalue weighted by atomic mass is 9.96. The van der Waals surface area contributed by atoms with E-state index in [1.807, 2.05) is 13.8 Å². The first-order chi connectivity index (χ1) is 9.45. The predicted octanol–water partition coefficient (Wildman–Crippen LogP) is 2.48. The van der Waals surface area contributed by atoms with Crippen LogP contribution in [-0.4, -0.2) is 46.3 Å². The van der Waals surface area contributed by atoms with Gasteiger partial charge in [-0.1, -0.05) is 0 Å². The molecule has 20 heavy (non-hydrogen) atoms. The number of nitrogens with zero attached hydrogens (tertiary/aromatic N) is 3. The highest BCUT2D eigenvalue weighted by atomic mass is 32.1. The molecular formula is C15H25N3OS. The van der Waals surface area contributed by atoms with E-state index in [0.29, 0.717) is 6.04 Å². The zero-order chi connectivity index (χ0) is 14.3. The Morgan fingerprint density at radius 1 is 1.45 bits per heavy atom. The highest BCUT2D eigenvalue weighted by Crippen LogP contribution is 2.33. The van der Waals surface area contributed by atoms with Gasteiger partial charge < -0.3 is 10.0 Å². The second kappa shape index (κ2) is 5.28. The standard InChI is InChI=1S/C15H25N3OS/c1-15(2,19)13-5-4-8-18(13)9-11-10-20-14(16-11)17(3)12-6-7-12/h10,12-13,19H,4-9H2,1-3H3. The van der Waals surface area contributed by atoms with Crippen LogP contribution in [0.25, 0.3) is 0 Å². The molecule has 0 spiro atoms. The first-order valence-corrected chi connectivity index (χ1v) is 8.47. The van der Waals surface area contributed by atoms with Gasteiger partial charge in [0.1, 0.15) is 0 Å². The minimum absolute atomic E-state index is 0.258. The van der Waals surface area contributed by atoms with E-state index in [-0.39, 0.29) is 6.04 Å². The number of hydrogen-bond acceptors (Lipinski definition) is 5. The molecule has 5 heteroatoms. The number of thiazole rings is 1. The van der Waals surface area contributed by atoms with Crippen molar-refractivity contribution in [3.63, 3.8) is 0 Å². The van der Waals surface area contributed by atoms with Gasteiger partial charge in [-0.15, -0.1) is 11.3 Å². The summed E-state index contributed by atoms with van der Waals surface area (Å²) in [6, 6.07) is 0.971. The second-order valence-electron chi connectivity index (χ2n) is 6.75. The number of hydrogen-bond donors (Lipinski definition) is 1. The van der Waals surface area contributed by atoms with Crippen LogP contribution in [0.15, 0.2) is 5.38 Å². The summed E-state index contributed by atoms with van der Waals surface area (Å²) in [4.78, 5) is 9.47. The lowest BCUT2D eigenvalue weighted by molar-refractivity contribution is -0.00530. The molecule has 1 atom stereocenters. The molecule has 0 amide bonds. The number of aromatic nitrogens is 1. The number of rotatable bonds is 5. The van der Waals surface area contributed by atoms with Crippen LogP contribution in [-0.2, 0) is 6.54 Å². The Balaban J connectivity index is 1.65. The van der Waals surface area contributed by atoms with Gasteiger partial charge in [0.05, 0.1) is 11.3 Å². The lowest BCUT2D eigenvalue weighted by Gasteiger charge is -2.33. The SMILES string of the molecule is CN(c1nc(CN2CCCC2C(C)(C)O)cs1)C1CC1. The van der Waals surface area contributed by atoms with Crippen molar-refractivity contribution >= 4 is 16.5 Å². The van der Waals surface area contributed by atoms with E-state index in [1.54, 1.807) is 11.3 Å². The Morgan fingerprint density at radius 3 is 2.85 bits per heavy atom. The van der Waals surface area contributed by atoms with Crippen molar-refractivity contribution in [1.29, 1.82) is 0 Å². The van der Waals surface area contributed by atoms with Crippen molar-refractivity contribution in [2.24, 2.45) is 0 Å². The van der Waals surface area contributed by atoms with E-state index in [2.05, 4.69) is 22.2 Å². The lowest BCUT2D eigenvalue weighted by Crippen LogP contribution is -2.45. The van der Waals surface area contributed by atoms with E-state index in [1.165, 1.54) is 19.3 Å². The van der Waals surface area contributed by atoms with Gasteiger partial charge in [-0.2, -0.15) is 0 Å². The molecule has 2 aliphatic rings. The van der Waals surface area contributed by atoms with E-state index >= 15 is 0 Å². The normalized spacial score (nSPS) is 24.3. The van der Waals surface area contributed by atoms with Gasteiger partial charge in [-0.05, 0) is 46.1 Å². The van der Waals surface area contributed by atoms with Gasteiger partial charge in [0.25, 0.3) is 0 Å². The molecule has 1 unspecified atom stereocenters. The smallest absolute Gasteiger partial charge is 0.185 e. The van der Waals surface area contributed by atoms with Gasteiger partial charge in [0.15, 0.2) is 5.13 Å². The molecule has 1 saturated carbocycles. The third-order valence-corrected chi connectivity index (χ3v) is 5.46. The van der Waals surface area contributed by atoms with Crippen LogP contribution >= 0.6 is 11.3 Å². The maximum absolute atomic E-state index is 10.3. The fraction of sp³-hybridized carbons (Fsp3) is 0.800. The van der Waals surface area contributed by atoms with E-state index < -0.39 is 5.60 Å². The molecule has 1 aliphatic heterocycles. The molecule has 0 bridgehead atoms. The topological polar surface area (TPSA) is 39.6 Å². The summed E-state index contributed by atoms with van der Waals surface area (Å²) in [5.41, 5.74) is 0.522. The van der Waals surface area contributed by atoms with Crippen LogP contribution in [0.4, 0.5) is 5.13 Å². The summed E-state index contributed by atoms with van der Waals surface area (Å²) < 4.78 is 0. The van der Waals surface area contributed by atoms with Crippen molar-refractivity contribution in [2.75, 3.05) is 18.5 Å². The summed E-state index contributed by atoms with van der Waals surface area (Å²) in [6.07, 6.45) is 4.87. The number of likely N-dealkylation sites (tertiary alicyclic amines) is 1. The molecule has 2 fully saturated rings. The van der Waals surface area contributed by atoms with Crippen molar-refractivity contribution < 1.29 is 5.11 Å². The van der Waals surface area contributed by atoms with Gasteiger partial charge in [0.2, 0.25) is 0 Å². The Kier molecular flexibility index (Phi) is 3.77. The molecule has 1 aromatic rings. The fourth-order valence-electron chi connectivity index (χ4n) is 3.17. The monoisotopic (exact) mass is 295 g/mol. The molecule has 1 saturated heterocycles. The van der Waals surface area contributed by atoms with Gasteiger partial charge in [0, 0.05) is 31.1 Å². The van der Waals surface area contributed by atoms with Crippen LogP contribution in [0.3, 0.4) is 0 Å². The van der Waals surface area contributed by atoms with Crippen LogP contribution in [0.5, 0.6) is 0 Å². The zero-order valence-electron chi connectivity index (χ0n) is 12.7.